The molecule has 3 aromatic carbocycles. The molecule has 9 heteroatoms. The average molecular weight is 497 g/mol. The smallest absolute Gasteiger partial charge is 0.196 e. The lowest BCUT2D eigenvalue weighted by Gasteiger charge is -2.13. The van der Waals surface area contributed by atoms with Gasteiger partial charge in [-0.1, -0.05) is 47.1 Å². The summed E-state index contributed by atoms with van der Waals surface area (Å²) >= 11 is 14.0. The number of thioether (sulfide) groups is 1. The van der Waals surface area contributed by atoms with E-state index < -0.39 is 0 Å². The minimum absolute atomic E-state index is 0.434. The molecular formula is C24H18Cl2N4O2S. The summed E-state index contributed by atoms with van der Waals surface area (Å²) in [6, 6.07) is 20.6. The Morgan fingerprint density at radius 1 is 0.909 bits per heavy atom. The first-order valence-corrected chi connectivity index (χ1v) is 11.5. The number of benzene rings is 3. The van der Waals surface area contributed by atoms with Crippen molar-refractivity contribution < 1.29 is 9.47 Å². The summed E-state index contributed by atoms with van der Waals surface area (Å²) in [6.07, 6.45) is 0. The van der Waals surface area contributed by atoms with Crippen molar-refractivity contribution in [2.24, 2.45) is 0 Å². The molecule has 0 radical (unpaired) electrons. The Balaban J connectivity index is 1.76. The van der Waals surface area contributed by atoms with E-state index in [0.717, 1.165) is 16.8 Å². The predicted molar refractivity (Wildman–Crippen MR) is 131 cm³/mol. The van der Waals surface area contributed by atoms with Crippen molar-refractivity contribution in [3.63, 3.8) is 0 Å². The summed E-state index contributed by atoms with van der Waals surface area (Å²) in [5.41, 5.74) is 3.27. The molecule has 4 rings (SSSR count). The van der Waals surface area contributed by atoms with Crippen molar-refractivity contribution >= 4 is 35.0 Å². The van der Waals surface area contributed by atoms with Gasteiger partial charge < -0.3 is 9.47 Å². The second-order valence-electron chi connectivity index (χ2n) is 6.91. The molecule has 0 saturated heterocycles. The SMILES string of the molecule is COc1ccc(-c2nnc(SCc3ccc(C#N)cc3)n2-c2ccc(Cl)c(Cl)c2)cc1OC. The molecule has 0 fully saturated rings. The van der Waals surface area contributed by atoms with Gasteiger partial charge in [0.1, 0.15) is 0 Å². The molecule has 0 saturated carbocycles. The van der Waals surface area contributed by atoms with Gasteiger partial charge in [0.05, 0.1) is 41.6 Å². The van der Waals surface area contributed by atoms with E-state index in [2.05, 4.69) is 16.3 Å². The summed E-state index contributed by atoms with van der Waals surface area (Å²) in [4.78, 5) is 0. The fourth-order valence-electron chi connectivity index (χ4n) is 3.21. The molecule has 0 spiro atoms. The summed E-state index contributed by atoms with van der Waals surface area (Å²) in [6.45, 7) is 0. The van der Waals surface area contributed by atoms with Crippen molar-refractivity contribution in [1.29, 1.82) is 5.26 Å². The lowest BCUT2D eigenvalue weighted by molar-refractivity contribution is 0.355. The van der Waals surface area contributed by atoms with Crippen LogP contribution in [0.4, 0.5) is 0 Å². The maximum absolute atomic E-state index is 9.01. The quantitative estimate of drug-likeness (QED) is 0.274. The van der Waals surface area contributed by atoms with Crippen LogP contribution in [0.1, 0.15) is 11.1 Å². The molecular weight excluding hydrogens is 479 g/mol. The third-order valence-corrected chi connectivity index (χ3v) is 6.63. The van der Waals surface area contributed by atoms with Crippen LogP contribution in [0.3, 0.4) is 0 Å². The molecule has 0 aliphatic rings. The van der Waals surface area contributed by atoms with Crippen molar-refractivity contribution in [2.45, 2.75) is 10.9 Å². The number of rotatable bonds is 7. The van der Waals surface area contributed by atoms with Crippen LogP contribution >= 0.6 is 35.0 Å². The van der Waals surface area contributed by atoms with E-state index in [9.17, 15) is 0 Å². The largest absolute Gasteiger partial charge is 0.493 e. The van der Waals surface area contributed by atoms with Gasteiger partial charge in [-0.3, -0.25) is 4.57 Å². The van der Waals surface area contributed by atoms with Gasteiger partial charge in [-0.25, -0.2) is 0 Å². The number of nitriles is 1. The fraction of sp³-hybridized carbons (Fsp3) is 0.125. The summed E-state index contributed by atoms with van der Waals surface area (Å²) in [5, 5.41) is 19.5. The first kappa shape index (κ1) is 23.0. The van der Waals surface area contributed by atoms with Crippen molar-refractivity contribution in [3.05, 3.63) is 81.8 Å². The third-order valence-electron chi connectivity index (χ3n) is 4.89. The molecule has 1 aromatic heterocycles. The lowest BCUT2D eigenvalue weighted by atomic mass is 10.2. The molecule has 0 aliphatic heterocycles. The topological polar surface area (TPSA) is 73.0 Å². The van der Waals surface area contributed by atoms with Crippen LogP contribution < -0.4 is 9.47 Å². The van der Waals surface area contributed by atoms with Gasteiger partial charge in [-0.2, -0.15) is 5.26 Å². The van der Waals surface area contributed by atoms with Crippen LogP contribution in [0.2, 0.25) is 10.0 Å². The zero-order valence-electron chi connectivity index (χ0n) is 17.8. The van der Waals surface area contributed by atoms with Crippen molar-refractivity contribution in [3.8, 4) is 34.6 Å². The van der Waals surface area contributed by atoms with Gasteiger partial charge in [-0.15, -0.1) is 10.2 Å². The van der Waals surface area contributed by atoms with Crippen molar-refractivity contribution in [2.75, 3.05) is 14.2 Å². The summed E-state index contributed by atoms with van der Waals surface area (Å²) in [5.74, 6) is 2.48. The maximum Gasteiger partial charge on any atom is 0.196 e. The van der Waals surface area contributed by atoms with Gasteiger partial charge in [0, 0.05) is 11.3 Å². The Hall–Kier alpha value is -3.18. The first-order valence-electron chi connectivity index (χ1n) is 9.79. The van der Waals surface area contributed by atoms with E-state index in [1.54, 1.807) is 38.5 Å². The van der Waals surface area contributed by atoms with Crippen LogP contribution in [0.25, 0.3) is 17.1 Å². The van der Waals surface area contributed by atoms with Gasteiger partial charge in [0.2, 0.25) is 0 Å². The second-order valence-corrected chi connectivity index (χ2v) is 8.66. The molecule has 0 atom stereocenters. The highest BCUT2D eigenvalue weighted by molar-refractivity contribution is 7.98. The number of nitrogens with zero attached hydrogens (tertiary/aromatic N) is 4. The molecule has 33 heavy (non-hydrogen) atoms. The molecule has 4 aromatic rings. The van der Waals surface area contributed by atoms with Crippen LogP contribution in [-0.4, -0.2) is 29.0 Å². The van der Waals surface area contributed by atoms with Gasteiger partial charge in [-0.05, 0) is 54.1 Å². The Bertz CT molecular complexity index is 1330. The van der Waals surface area contributed by atoms with E-state index in [1.807, 2.05) is 41.0 Å². The number of aromatic nitrogens is 3. The van der Waals surface area contributed by atoms with E-state index in [4.69, 9.17) is 37.9 Å². The number of ether oxygens (including phenoxy) is 2. The highest BCUT2D eigenvalue weighted by Gasteiger charge is 2.19. The highest BCUT2D eigenvalue weighted by Crippen LogP contribution is 2.36. The lowest BCUT2D eigenvalue weighted by Crippen LogP contribution is -2.00. The molecule has 0 aliphatic carbocycles. The number of methoxy groups -OCH3 is 2. The second kappa shape index (κ2) is 10.2. The van der Waals surface area contributed by atoms with E-state index >= 15 is 0 Å². The third kappa shape index (κ3) is 4.93. The molecule has 0 N–H and O–H groups in total. The zero-order chi connectivity index (χ0) is 23.4. The van der Waals surface area contributed by atoms with Crippen molar-refractivity contribution in [1.82, 2.24) is 14.8 Å². The Morgan fingerprint density at radius 3 is 2.33 bits per heavy atom. The monoisotopic (exact) mass is 496 g/mol. The van der Waals surface area contributed by atoms with Gasteiger partial charge in [0.15, 0.2) is 22.5 Å². The van der Waals surface area contributed by atoms with Crippen LogP contribution in [-0.2, 0) is 5.75 Å². The fourth-order valence-corrected chi connectivity index (χ4v) is 4.41. The number of halogens is 2. The standard InChI is InChI=1S/C24H18Cl2N4O2S/c1-31-21-10-7-17(11-22(21)32-2)23-28-29-24(30(23)18-8-9-19(25)20(26)12-18)33-14-16-5-3-15(13-27)4-6-16/h3-12H,14H2,1-2H3. The van der Waals surface area contributed by atoms with E-state index in [-0.39, 0.29) is 0 Å². The van der Waals surface area contributed by atoms with Crippen LogP contribution in [0.15, 0.2) is 65.8 Å². The summed E-state index contributed by atoms with van der Waals surface area (Å²) < 4.78 is 12.7. The highest BCUT2D eigenvalue weighted by atomic mass is 35.5. The molecule has 6 nitrogen and oxygen atoms in total. The predicted octanol–water partition coefficient (Wildman–Crippen LogP) is 6.42. The van der Waals surface area contributed by atoms with Crippen LogP contribution in [0, 0.1) is 11.3 Å². The van der Waals surface area contributed by atoms with Gasteiger partial charge >= 0.3 is 0 Å². The summed E-state index contributed by atoms with van der Waals surface area (Å²) in [7, 11) is 3.18. The Labute approximate surface area is 205 Å². The number of hydrogen-bond donors (Lipinski definition) is 0. The molecule has 0 amide bonds. The first-order chi connectivity index (χ1) is 16.0. The van der Waals surface area contributed by atoms with E-state index in [0.29, 0.717) is 43.8 Å². The maximum atomic E-state index is 9.01. The minimum Gasteiger partial charge on any atom is -0.493 e. The van der Waals surface area contributed by atoms with Gasteiger partial charge in [0.25, 0.3) is 0 Å². The molecule has 1 heterocycles. The normalized spacial score (nSPS) is 10.6. The minimum atomic E-state index is 0.434. The zero-order valence-corrected chi connectivity index (χ0v) is 20.1. The Kier molecular flexibility index (Phi) is 7.09. The van der Waals surface area contributed by atoms with Crippen LogP contribution in [0.5, 0.6) is 11.5 Å². The average Bonchev–Trinajstić information content (AvgIpc) is 3.28. The molecule has 0 bridgehead atoms. The number of hydrogen-bond acceptors (Lipinski definition) is 6. The van der Waals surface area contributed by atoms with E-state index in [1.165, 1.54) is 11.8 Å². The Morgan fingerprint density at radius 2 is 1.67 bits per heavy atom. The molecule has 0 unspecified atom stereocenters. The molecule has 166 valence electrons.